The number of halogens is 4. The van der Waals surface area contributed by atoms with E-state index in [-0.39, 0.29) is 0 Å². The number of aryl methyl sites for hydroxylation is 2. The van der Waals surface area contributed by atoms with Crippen molar-refractivity contribution in [2.24, 2.45) is 34.6 Å². The van der Waals surface area contributed by atoms with Crippen molar-refractivity contribution in [1.29, 1.82) is 0 Å². The molecule has 0 saturated carbocycles. The van der Waals surface area contributed by atoms with Crippen molar-refractivity contribution in [2.75, 3.05) is 23.7 Å². The van der Waals surface area contributed by atoms with Crippen molar-refractivity contribution >= 4 is 94.5 Å². The van der Waals surface area contributed by atoms with Crippen LogP contribution in [0.15, 0.2) is 92.1 Å². The molecule has 0 unspecified atom stereocenters. The van der Waals surface area contributed by atoms with Gasteiger partial charge in [-0.05, 0) is 101 Å². The zero-order chi connectivity index (χ0) is 28.8. The van der Waals surface area contributed by atoms with Gasteiger partial charge in [-0.3, -0.25) is 0 Å². The number of hydrogen-bond acceptors (Lipinski definition) is 8. The Hall–Kier alpha value is -1.72. The molecule has 0 aliphatic carbocycles. The van der Waals surface area contributed by atoms with Crippen molar-refractivity contribution in [3.63, 3.8) is 0 Å². The normalized spacial score (nSPS) is 11.6. The summed E-state index contributed by atoms with van der Waals surface area (Å²) in [6.07, 6.45) is 7.35. The van der Waals surface area contributed by atoms with Crippen molar-refractivity contribution in [3.8, 4) is 0 Å². The quantitative estimate of drug-likeness (QED) is 0.0664. The van der Waals surface area contributed by atoms with E-state index in [1.165, 1.54) is 0 Å². The summed E-state index contributed by atoms with van der Waals surface area (Å²) in [6, 6.07) is 16.1. The number of anilines is 2. The summed E-state index contributed by atoms with van der Waals surface area (Å²) in [6.45, 7) is 1.90. The number of aromatic nitrogens is 2. The Morgan fingerprint density at radius 2 is 1.00 bits per heavy atom. The first kappa shape index (κ1) is 32.8. The van der Waals surface area contributed by atoms with Gasteiger partial charge in [0.1, 0.15) is 23.8 Å². The molecule has 0 bridgehead atoms. The number of unbranched alkanes of at least 4 members (excludes halogenated alkanes) is 2. The molecule has 0 atom stereocenters. The van der Waals surface area contributed by atoms with E-state index >= 15 is 0 Å². The fraction of sp³-hybridized carbons (Fsp3) is 0.280. The van der Waals surface area contributed by atoms with Crippen molar-refractivity contribution in [3.05, 3.63) is 71.7 Å². The molecule has 2 N–H and O–H groups in total. The average molecular weight is 714 g/mol. The number of azo groups is 2. The second-order valence-electron chi connectivity index (χ2n) is 8.61. The molecular weight excluding hydrogens is 684 g/mol. The van der Waals surface area contributed by atoms with Crippen molar-refractivity contribution in [1.82, 2.24) is 0 Å². The van der Waals surface area contributed by atoms with E-state index < -0.39 is 10.8 Å². The van der Waals surface area contributed by atoms with Crippen LogP contribution in [0.1, 0.15) is 19.3 Å². The Bertz CT molecular complexity index is 1250. The third kappa shape index (κ3) is 13.3. The molecule has 0 radical (unpaired) electrons. The van der Waals surface area contributed by atoms with Crippen LogP contribution >= 0.6 is 61.4 Å². The van der Waals surface area contributed by atoms with Gasteiger partial charge in [0.2, 0.25) is 0 Å². The van der Waals surface area contributed by atoms with Crippen LogP contribution in [-0.4, -0.2) is 13.1 Å². The van der Waals surface area contributed by atoms with Gasteiger partial charge in [0.05, 0.1) is 24.3 Å². The van der Waals surface area contributed by atoms with E-state index in [4.69, 9.17) is 38.8 Å². The SMILES string of the molecule is C[n+]1ccsc1N=Nc1ccc(NCCCCCNc2ccc(N=Nc3scc[n+]3C)cc2)cc1.[Cl][Zn-2]([Cl])([Cl])[Cl]. The molecule has 0 aliphatic heterocycles. The molecule has 15 heteroatoms. The zero-order valence-corrected chi connectivity index (χ0v) is 29.8. The Balaban J connectivity index is 0.000000810. The van der Waals surface area contributed by atoms with Crippen LogP contribution in [0.2, 0.25) is 0 Å². The minimum absolute atomic E-state index is 0.850. The zero-order valence-electron chi connectivity index (χ0n) is 22.2. The van der Waals surface area contributed by atoms with Gasteiger partial charge in [-0.1, -0.05) is 0 Å². The van der Waals surface area contributed by atoms with Crippen LogP contribution in [0.4, 0.5) is 33.0 Å². The predicted molar refractivity (Wildman–Crippen MR) is 166 cm³/mol. The summed E-state index contributed by atoms with van der Waals surface area (Å²) in [4.78, 5) is 0. The number of benzene rings is 2. The molecule has 212 valence electrons. The monoisotopic (exact) mass is 710 g/mol. The second kappa shape index (κ2) is 17.3. The fourth-order valence-corrected chi connectivity index (χ4v) is 4.59. The van der Waals surface area contributed by atoms with Gasteiger partial charge in [0.25, 0.3) is 0 Å². The van der Waals surface area contributed by atoms with E-state index in [9.17, 15) is 0 Å². The van der Waals surface area contributed by atoms with Crippen molar-refractivity contribution < 1.29 is 19.9 Å². The molecule has 0 fully saturated rings. The molecule has 0 spiro atoms. The number of nitrogens with zero attached hydrogens (tertiary/aromatic N) is 6. The third-order valence-corrected chi connectivity index (χ3v) is 6.94. The van der Waals surface area contributed by atoms with Crippen LogP contribution in [0, 0.1) is 0 Å². The molecule has 0 saturated heterocycles. The van der Waals surface area contributed by atoms with Gasteiger partial charge in [-0.15, -0.1) is 0 Å². The molecule has 2 aromatic heterocycles. The van der Waals surface area contributed by atoms with E-state index in [2.05, 4.69) is 31.1 Å². The molecule has 2 aromatic carbocycles. The average Bonchev–Trinajstić information content (AvgIpc) is 3.53. The molecule has 8 nitrogen and oxygen atoms in total. The van der Waals surface area contributed by atoms with Gasteiger partial charge in [0, 0.05) is 35.2 Å². The first-order chi connectivity index (χ1) is 19.2. The first-order valence-electron chi connectivity index (χ1n) is 12.6. The topological polar surface area (TPSA) is 81.3 Å². The van der Waals surface area contributed by atoms with Crippen LogP contribution in [-0.2, 0) is 24.9 Å². The standard InChI is InChI=1S/C25H28N8S2.4ClH.Zn/c1-32-16-18-34-24(32)30-28-22-10-6-20(7-11-22)26-14-4-3-5-15-27-21-8-12-23(13-9-21)29-31-25-33(2)17-19-35-25;;;;;/h6-13,16-19H,3-5,14-15H2,1-2H3;4*1H;/q;;;;;+2/p-2. The third-order valence-electron chi connectivity index (χ3n) is 5.27. The molecule has 0 aliphatic rings. The maximum absolute atomic E-state index is 5.05. The van der Waals surface area contributed by atoms with Gasteiger partial charge < -0.3 is 10.6 Å². The molecule has 40 heavy (non-hydrogen) atoms. The van der Waals surface area contributed by atoms with Crippen LogP contribution in [0.5, 0.6) is 0 Å². The van der Waals surface area contributed by atoms with Gasteiger partial charge in [0.15, 0.2) is 0 Å². The predicted octanol–water partition coefficient (Wildman–Crippen LogP) is 9.74. The Morgan fingerprint density at radius 1 is 0.625 bits per heavy atom. The number of rotatable bonds is 12. The van der Waals surface area contributed by atoms with Crippen LogP contribution in [0.3, 0.4) is 0 Å². The van der Waals surface area contributed by atoms with Crippen LogP contribution in [0.25, 0.3) is 0 Å². The summed E-state index contributed by atoms with van der Waals surface area (Å²) in [5.74, 6) is 0. The Morgan fingerprint density at radius 3 is 1.32 bits per heavy atom. The number of nitrogens with one attached hydrogen (secondary N) is 2. The first-order valence-corrected chi connectivity index (χ1v) is 30.0. The Kier molecular flexibility index (Phi) is 14.2. The summed E-state index contributed by atoms with van der Waals surface area (Å²) in [5.41, 5.74) is 3.91. The van der Waals surface area contributed by atoms with Gasteiger partial charge in [-0.2, -0.15) is 0 Å². The second-order valence-corrected chi connectivity index (χ2v) is 38.1. The van der Waals surface area contributed by atoms with Crippen molar-refractivity contribution in [2.45, 2.75) is 19.3 Å². The van der Waals surface area contributed by atoms with E-state index in [0.29, 0.717) is 0 Å². The van der Waals surface area contributed by atoms with E-state index in [1.807, 2.05) is 94.9 Å². The number of thiazole rings is 2. The summed E-state index contributed by atoms with van der Waals surface area (Å²) in [7, 11) is 20.8. The molecule has 0 amide bonds. The summed E-state index contributed by atoms with van der Waals surface area (Å²) in [5, 5.41) is 29.9. The van der Waals surface area contributed by atoms with E-state index in [1.54, 1.807) is 22.7 Å². The molecule has 4 aromatic rings. The fourth-order valence-electron chi connectivity index (χ4n) is 3.23. The van der Waals surface area contributed by atoms with Gasteiger partial charge in [-0.25, -0.2) is 9.13 Å². The summed E-state index contributed by atoms with van der Waals surface area (Å²) < 4.78 is 3.91. The number of hydrogen-bond donors (Lipinski definition) is 2. The van der Waals surface area contributed by atoms with E-state index in [0.717, 1.165) is 65.4 Å². The minimum atomic E-state index is -3.36. The Labute approximate surface area is 261 Å². The molecular formula is C25H30Cl4N8S2Zn. The summed E-state index contributed by atoms with van der Waals surface area (Å²) >= 11 is 3.14. The molecule has 2 heterocycles. The van der Waals surface area contributed by atoms with Gasteiger partial charge >= 0.3 is 59.8 Å². The maximum atomic E-state index is 5.05. The molecule has 4 rings (SSSR count). The van der Waals surface area contributed by atoms with Crippen LogP contribution < -0.4 is 19.8 Å².